The van der Waals surface area contributed by atoms with E-state index in [1.807, 2.05) is 11.8 Å². The summed E-state index contributed by atoms with van der Waals surface area (Å²) in [6.45, 7) is 7.06. The molecule has 1 heterocycles. The molecule has 0 radical (unpaired) electrons. The molecule has 1 aliphatic heterocycles. The van der Waals surface area contributed by atoms with Gasteiger partial charge in [-0.3, -0.25) is 4.79 Å². The monoisotopic (exact) mass is 368 g/mol. The molecule has 0 atom stereocenters. The number of nitrogens with one attached hydrogen (secondary N) is 1. The van der Waals surface area contributed by atoms with Crippen LogP contribution in [0.25, 0.3) is 0 Å². The summed E-state index contributed by atoms with van der Waals surface area (Å²) in [4.78, 5) is 14.6. The Morgan fingerprint density at radius 3 is 2.50 bits per heavy atom. The SMILES string of the molecule is Cc1ccc(CCC(=O)NCc2ccc(N3CCSCC3)cc2)c(C)c1. The van der Waals surface area contributed by atoms with Gasteiger partial charge in [-0.25, -0.2) is 0 Å². The highest BCUT2D eigenvalue weighted by molar-refractivity contribution is 7.99. The van der Waals surface area contributed by atoms with E-state index in [1.54, 1.807) is 0 Å². The lowest BCUT2D eigenvalue weighted by Crippen LogP contribution is -2.32. The molecule has 1 fully saturated rings. The third-order valence-electron chi connectivity index (χ3n) is 4.92. The standard InChI is InChI=1S/C22H28N2OS/c1-17-3-6-20(18(2)15-17)7-10-22(25)23-16-19-4-8-21(9-5-19)24-11-13-26-14-12-24/h3-6,8-9,15H,7,10-14,16H2,1-2H3,(H,23,25). The molecule has 0 unspecified atom stereocenters. The van der Waals surface area contributed by atoms with E-state index in [9.17, 15) is 4.79 Å². The summed E-state index contributed by atoms with van der Waals surface area (Å²) in [5.41, 5.74) is 6.23. The van der Waals surface area contributed by atoms with Crippen LogP contribution in [0.1, 0.15) is 28.7 Å². The first-order valence-corrected chi connectivity index (χ1v) is 10.5. The van der Waals surface area contributed by atoms with Crippen LogP contribution in [0.2, 0.25) is 0 Å². The minimum absolute atomic E-state index is 0.113. The summed E-state index contributed by atoms with van der Waals surface area (Å²) >= 11 is 2.02. The van der Waals surface area contributed by atoms with Gasteiger partial charge in [0.15, 0.2) is 0 Å². The quantitative estimate of drug-likeness (QED) is 0.833. The van der Waals surface area contributed by atoms with Crippen molar-refractivity contribution >= 4 is 23.4 Å². The Labute approximate surface area is 161 Å². The van der Waals surface area contributed by atoms with Crippen LogP contribution >= 0.6 is 11.8 Å². The molecule has 2 aromatic carbocycles. The first-order chi connectivity index (χ1) is 12.6. The molecule has 1 aliphatic rings. The zero-order chi connectivity index (χ0) is 18.4. The van der Waals surface area contributed by atoms with Crippen LogP contribution in [0, 0.1) is 13.8 Å². The van der Waals surface area contributed by atoms with Gasteiger partial charge in [0.25, 0.3) is 0 Å². The Kier molecular flexibility index (Phi) is 6.62. The zero-order valence-electron chi connectivity index (χ0n) is 15.8. The molecule has 26 heavy (non-hydrogen) atoms. The summed E-state index contributed by atoms with van der Waals surface area (Å²) in [6.07, 6.45) is 1.33. The Bertz CT molecular complexity index is 736. The second-order valence-corrected chi connectivity index (χ2v) is 8.20. The van der Waals surface area contributed by atoms with Crippen molar-refractivity contribution in [1.82, 2.24) is 5.32 Å². The van der Waals surface area contributed by atoms with Crippen molar-refractivity contribution < 1.29 is 4.79 Å². The minimum Gasteiger partial charge on any atom is -0.370 e. The fourth-order valence-electron chi connectivity index (χ4n) is 3.31. The van der Waals surface area contributed by atoms with Crippen LogP contribution in [0.4, 0.5) is 5.69 Å². The highest BCUT2D eigenvalue weighted by Gasteiger charge is 2.11. The van der Waals surface area contributed by atoms with Crippen molar-refractivity contribution in [1.29, 1.82) is 0 Å². The average Bonchev–Trinajstić information content (AvgIpc) is 2.67. The van der Waals surface area contributed by atoms with Crippen molar-refractivity contribution in [3.05, 3.63) is 64.7 Å². The number of aryl methyl sites for hydroxylation is 3. The van der Waals surface area contributed by atoms with Gasteiger partial charge in [0.1, 0.15) is 0 Å². The maximum Gasteiger partial charge on any atom is 0.220 e. The Balaban J connectivity index is 1.45. The first-order valence-electron chi connectivity index (χ1n) is 9.36. The molecule has 0 aliphatic carbocycles. The predicted molar refractivity (Wildman–Crippen MR) is 112 cm³/mol. The Morgan fingerprint density at radius 2 is 1.81 bits per heavy atom. The van der Waals surface area contributed by atoms with Gasteiger partial charge in [-0.1, -0.05) is 35.9 Å². The molecular weight excluding hydrogens is 340 g/mol. The summed E-state index contributed by atoms with van der Waals surface area (Å²) < 4.78 is 0. The summed E-state index contributed by atoms with van der Waals surface area (Å²) in [6, 6.07) is 15.0. The molecule has 0 spiro atoms. The van der Waals surface area contributed by atoms with Crippen molar-refractivity contribution in [3.63, 3.8) is 0 Å². The maximum absolute atomic E-state index is 12.2. The van der Waals surface area contributed by atoms with E-state index in [2.05, 4.69) is 66.5 Å². The van der Waals surface area contributed by atoms with Crippen LogP contribution in [0.3, 0.4) is 0 Å². The van der Waals surface area contributed by atoms with E-state index >= 15 is 0 Å². The molecule has 0 saturated carbocycles. The van der Waals surface area contributed by atoms with E-state index < -0.39 is 0 Å². The predicted octanol–water partition coefficient (Wildman–Crippen LogP) is 4.11. The normalized spacial score (nSPS) is 14.3. The summed E-state index contributed by atoms with van der Waals surface area (Å²) in [5, 5.41) is 3.04. The third kappa shape index (κ3) is 5.28. The molecule has 1 amide bonds. The van der Waals surface area contributed by atoms with E-state index in [1.165, 1.54) is 33.9 Å². The molecule has 1 N–H and O–H groups in total. The number of rotatable bonds is 6. The number of amides is 1. The highest BCUT2D eigenvalue weighted by atomic mass is 32.2. The van der Waals surface area contributed by atoms with Gasteiger partial charge in [0, 0.05) is 43.2 Å². The molecule has 138 valence electrons. The second kappa shape index (κ2) is 9.13. The number of hydrogen-bond acceptors (Lipinski definition) is 3. The first kappa shape index (κ1) is 18.8. The van der Waals surface area contributed by atoms with Crippen LogP contribution in [0.15, 0.2) is 42.5 Å². The largest absolute Gasteiger partial charge is 0.370 e. The number of carbonyl (C=O) groups excluding carboxylic acids is 1. The van der Waals surface area contributed by atoms with Crippen LogP contribution in [0.5, 0.6) is 0 Å². The van der Waals surface area contributed by atoms with E-state index in [-0.39, 0.29) is 5.91 Å². The number of nitrogens with zero attached hydrogens (tertiary/aromatic N) is 1. The lowest BCUT2D eigenvalue weighted by Gasteiger charge is -2.28. The third-order valence-corrected chi connectivity index (χ3v) is 5.86. The smallest absolute Gasteiger partial charge is 0.220 e. The van der Waals surface area contributed by atoms with Gasteiger partial charge in [0.05, 0.1) is 0 Å². The number of thioether (sulfide) groups is 1. The van der Waals surface area contributed by atoms with Gasteiger partial charge in [-0.15, -0.1) is 0 Å². The van der Waals surface area contributed by atoms with Crippen molar-refractivity contribution in [3.8, 4) is 0 Å². The van der Waals surface area contributed by atoms with E-state index in [0.717, 1.165) is 25.1 Å². The molecule has 0 aromatic heterocycles. The van der Waals surface area contributed by atoms with Crippen molar-refractivity contribution in [2.24, 2.45) is 0 Å². The van der Waals surface area contributed by atoms with Crippen LogP contribution < -0.4 is 10.2 Å². The Morgan fingerprint density at radius 1 is 1.08 bits per heavy atom. The number of anilines is 1. The molecule has 2 aromatic rings. The minimum atomic E-state index is 0.113. The number of carbonyl (C=O) groups is 1. The molecule has 3 nitrogen and oxygen atoms in total. The van der Waals surface area contributed by atoms with Gasteiger partial charge in [0.2, 0.25) is 5.91 Å². The lowest BCUT2D eigenvalue weighted by atomic mass is 10.0. The van der Waals surface area contributed by atoms with Gasteiger partial charge < -0.3 is 10.2 Å². The zero-order valence-corrected chi connectivity index (χ0v) is 16.6. The topological polar surface area (TPSA) is 32.3 Å². The van der Waals surface area contributed by atoms with Gasteiger partial charge >= 0.3 is 0 Å². The Hall–Kier alpha value is -1.94. The number of benzene rings is 2. The highest BCUT2D eigenvalue weighted by Crippen LogP contribution is 2.20. The van der Waals surface area contributed by atoms with Crippen LogP contribution in [-0.4, -0.2) is 30.5 Å². The maximum atomic E-state index is 12.2. The second-order valence-electron chi connectivity index (χ2n) is 6.97. The molecule has 3 rings (SSSR count). The summed E-state index contributed by atoms with van der Waals surface area (Å²) in [7, 11) is 0. The molecule has 1 saturated heterocycles. The van der Waals surface area contributed by atoms with Crippen LogP contribution in [-0.2, 0) is 17.8 Å². The van der Waals surface area contributed by atoms with E-state index in [0.29, 0.717) is 13.0 Å². The average molecular weight is 369 g/mol. The number of hydrogen-bond donors (Lipinski definition) is 1. The van der Waals surface area contributed by atoms with Gasteiger partial charge in [-0.05, 0) is 49.1 Å². The van der Waals surface area contributed by atoms with E-state index in [4.69, 9.17) is 0 Å². The molecule has 4 heteroatoms. The summed E-state index contributed by atoms with van der Waals surface area (Å²) in [5.74, 6) is 2.53. The van der Waals surface area contributed by atoms with Crippen molar-refractivity contribution in [2.45, 2.75) is 33.2 Å². The molecule has 0 bridgehead atoms. The van der Waals surface area contributed by atoms with Crippen molar-refractivity contribution in [2.75, 3.05) is 29.5 Å². The lowest BCUT2D eigenvalue weighted by molar-refractivity contribution is -0.121. The molecular formula is C22H28N2OS. The van der Waals surface area contributed by atoms with Gasteiger partial charge in [-0.2, -0.15) is 11.8 Å². The fourth-order valence-corrected chi connectivity index (χ4v) is 4.21. The fraction of sp³-hybridized carbons (Fsp3) is 0.409.